The van der Waals surface area contributed by atoms with Gasteiger partial charge < -0.3 is 19.9 Å². The van der Waals surface area contributed by atoms with Gasteiger partial charge in [-0.3, -0.25) is 4.79 Å². The maximum atomic E-state index is 12.8. The number of nitrogens with zero attached hydrogens (tertiary/aromatic N) is 2. The number of rotatable bonds is 15. The van der Waals surface area contributed by atoms with Crippen molar-refractivity contribution in [1.29, 1.82) is 0 Å². The summed E-state index contributed by atoms with van der Waals surface area (Å²) in [5.74, 6) is 0.485. The minimum absolute atomic E-state index is 0.130. The lowest BCUT2D eigenvalue weighted by Gasteiger charge is -2.21. The van der Waals surface area contributed by atoms with Crippen molar-refractivity contribution in [3.8, 4) is 34.0 Å². The van der Waals surface area contributed by atoms with Crippen LogP contribution in [0.1, 0.15) is 75.7 Å². The zero-order valence-electron chi connectivity index (χ0n) is 26.6. The average Bonchev–Trinajstić information content (AvgIpc) is 3.02. The van der Waals surface area contributed by atoms with Gasteiger partial charge >= 0.3 is 5.97 Å². The molecule has 0 saturated heterocycles. The second kappa shape index (κ2) is 15.8. The summed E-state index contributed by atoms with van der Waals surface area (Å²) in [6.07, 6.45) is 9.75. The van der Waals surface area contributed by atoms with E-state index < -0.39 is 17.9 Å². The number of carbonyl (C=O) groups excluding carboxylic acids is 1. The minimum atomic E-state index is -1.11. The number of hydrogen-bond donors (Lipinski definition) is 2. The molecule has 0 aliphatic carbocycles. The van der Waals surface area contributed by atoms with Crippen molar-refractivity contribution in [2.75, 3.05) is 6.61 Å². The van der Waals surface area contributed by atoms with E-state index in [4.69, 9.17) is 9.47 Å². The monoisotopic (exact) mass is 609 g/mol. The van der Waals surface area contributed by atoms with Gasteiger partial charge in [-0.1, -0.05) is 69.0 Å². The topological polar surface area (TPSA) is 111 Å². The number of benzene rings is 3. The summed E-state index contributed by atoms with van der Waals surface area (Å²) >= 11 is 0. The molecule has 0 fully saturated rings. The highest BCUT2D eigenvalue weighted by molar-refractivity contribution is 5.96. The Morgan fingerprint density at radius 2 is 1.38 bits per heavy atom. The van der Waals surface area contributed by atoms with E-state index in [1.165, 1.54) is 25.7 Å². The lowest BCUT2D eigenvalue weighted by atomic mass is 10.0. The Bertz CT molecular complexity index is 1510. The Morgan fingerprint density at radius 3 is 1.98 bits per heavy atom. The highest BCUT2D eigenvalue weighted by Gasteiger charge is 2.22. The van der Waals surface area contributed by atoms with Crippen molar-refractivity contribution in [2.45, 2.75) is 77.9 Å². The van der Waals surface area contributed by atoms with Crippen LogP contribution in [-0.2, 0) is 11.2 Å². The first kappa shape index (κ1) is 33.2. The molecular formula is C37H43N3O5. The van der Waals surface area contributed by atoms with Crippen LogP contribution >= 0.6 is 0 Å². The molecular weight excluding hydrogens is 566 g/mol. The summed E-state index contributed by atoms with van der Waals surface area (Å²) in [5.41, 5.74) is 3.47. The number of carboxylic acids is 1. The molecule has 0 aliphatic heterocycles. The molecule has 3 aromatic carbocycles. The molecule has 45 heavy (non-hydrogen) atoms. The zero-order valence-corrected chi connectivity index (χ0v) is 26.6. The van der Waals surface area contributed by atoms with Crippen molar-refractivity contribution >= 4 is 11.9 Å². The maximum Gasteiger partial charge on any atom is 0.326 e. The van der Waals surface area contributed by atoms with E-state index in [1.807, 2.05) is 69.3 Å². The van der Waals surface area contributed by atoms with Gasteiger partial charge in [-0.25, -0.2) is 14.8 Å². The SMILES string of the molecule is CCCCCCCOc1ccc(-c2cnc(-c3ccc(C[C@H](NC(=O)c4ccc(OC(C)(C)C)cc4)C(=O)O)cc3)nc2)cc1. The van der Waals surface area contributed by atoms with Crippen LogP contribution in [0.3, 0.4) is 0 Å². The fourth-order valence-electron chi connectivity index (χ4n) is 4.76. The van der Waals surface area contributed by atoms with E-state index in [-0.39, 0.29) is 12.0 Å². The van der Waals surface area contributed by atoms with Gasteiger partial charge in [0.25, 0.3) is 5.91 Å². The highest BCUT2D eigenvalue weighted by Crippen LogP contribution is 2.24. The number of aliphatic carboxylic acids is 1. The van der Waals surface area contributed by atoms with E-state index >= 15 is 0 Å². The van der Waals surface area contributed by atoms with Gasteiger partial charge in [0.05, 0.1) is 6.61 Å². The van der Waals surface area contributed by atoms with Crippen LogP contribution in [0.15, 0.2) is 85.2 Å². The first-order valence-corrected chi connectivity index (χ1v) is 15.6. The number of amides is 1. The molecule has 0 aliphatic rings. The molecule has 0 bridgehead atoms. The third-order valence-corrected chi connectivity index (χ3v) is 7.15. The molecule has 4 aromatic rings. The third kappa shape index (κ3) is 10.4. The fourth-order valence-corrected chi connectivity index (χ4v) is 4.76. The molecule has 1 amide bonds. The van der Waals surface area contributed by atoms with E-state index in [2.05, 4.69) is 22.2 Å². The maximum absolute atomic E-state index is 12.8. The van der Waals surface area contributed by atoms with Crippen LogP contribution in [0, 0.1) is 0 Å². The van der Waals surface area contributed by atoms with Gasteiger partial charge in [0.15, 0.2) is 5.82 Å². The van der Waals surface area contributed by atoms with Crippen LogP contribution in [-0.4, -0.2) is 45.2 Å². The number of carbonyl (C=O) groups is 2. The lowest BCUT2D eigenvalue weighted by molar-refractivity contribution is -0.139. The standard InChI is InChI=1S/C37H43N3O5/c1-5-6-7-8-9-22-44-31-18-14-27(15-19-31)30-24-38-34(39-25-30)28-12-10-26(11-13-28)23-33(36(42)43)40-35(41)29-16-20-32(21-17-29)45-37(2,3)4/h10-21,24-25,33H,5-9,22-23H2,1-4H3,(H,40,41)(H,42,43)/t33-/m0/s1. The first-order chi connectivity index (χ1) is 21.6. The predicted molar refractivity (Wildman–Crippen MR) is 177 cm³/mol. The van der Waals surface area contributed by atoms with E-state index in [1.54, 1.807) is 36.7 Å². The van der Waals surface area contributed by atoms with Gasteiger partial charge in [0.2, 0.25) is 0 Å². The summed E-state index contributed by atoms with van der Waals surface area (Å²) in [6, 6.07) is 20.9. The molecule has 0 radical (unpaired) electrons. The van der Waals surface area contributed by atoms with E-state index in [0.717, 1.165) is 41.0 Å². The van der Waals surface area contributed by atoms with Crippen molar-refractivity contribution in [3.05, 3.63) is 96.3 Å². The zero-order chi connectivity index (χ0) is 32.2. The Kier molecular flexibility index (Phi) is 11.7. The predicted octanol–water partition coefficient (Wildman–Crippen LogP) is 7.76. The van der Waals surface area contributed by atoms with Crippen molar-refractivity contribution < 1.29 is 24.2 Å². The van der Waals surface area contributed by atoms with E-state index in [9.17, 15) is 14.7 Å². The molecule has 1 atom stereocenters. The number of hydrogen-bond acceptors (Lipinski definition) is 6. The highest BCUT2D eigenvalue weighted by atomic mass is 16.5. The third-order valence-electron chi connectivity index (χ3n) is 7.15. The van der Waals surface area contributed by atoms with Crippen LogP contribution < -0.4 is 14.8 Å². The van der Waals surface area contributed by atoms with Crippen LogP contribution in [0.25, 0.3) is 22.5 Å². The van der Waals surface area contributed by atoms with Gasteiger partial charge in [0.1, 0.15) is 23.1 Å². The molecule has 236 valence electrons. The van der Waals surface area contributed by atoms with Crippen LogP contribution in [0.4, 0.5) is 0 Å². The molecule has 1 heterocycles. The van der Waals surface area contributed by atoms with Crippen molar-refractivity contribution in [1.82, 2.24) is 15.3 Å². The summed E-state index contributed by atoms with van der Waals surface area (Å²) in [6.45, 7) is 8.76. The van der Waals surface area contributed by atoms with Crippen molar-refractivity contribution in [3.63, 3.8) is 0 Å². The number of aromatic nitrogens is 2. The lowest BCUT2D eigenvalue weighted by Crippen LogP contribution is -2.42. The second-order valence-corrected chi connectivity index (χ2v) is 12.1. The molecule has 1 aromatic heterocycles. The average molecular weight is 610 g/mol. The molecule has 8 heteroatoms. The van der Waals surface area contributed by atoms with Crippen molar-refractivity contribution in [2.24, 2.45) is 0 Å². The summed E-state index contributed by atoms with van der Waals surface area (Å²) in [4.78, 5) is 33.8. The Morgan fingerprint density at radius 1 is 0.778 bits per heavy atom. The van der Waals surface area contributed by atoms with Gasteiger partial charge in [-0.2, -0.15) is 0 Å². The molecule has 2 N–H and O–H groups in total. The Hall–Kier alpha value is -4.72. The van der Waals surface area contributed by atoms with Crippen LogP contribution in [0.2, 0.25) is 0 Å². The smallest absolute Gasteiger partial charge is 0.326 e. The van der Waals surface area contributed by atoms with Crippen LogP contribution in [0.5, 0.6) is 11.5 Å². The molecule has 0 spiro atoms. The Labute approximate surface area is 265 Å². The Balaban J connectivity index is 1.31. The normalized spacial score (nSPS) is 11.9. The first-order valence-electron chi connectivity index (χ1n) is 15.6. The number of unbranched alkanes of at least 4 members (excludes halogenated alkanes) is 4. The molecule has 0 unspecified atom stereocenters. The second-order valence-electron chi connectivity index (χ2n) is 12.1. The largest absolute Gasteiger partial charge is 0.494 e. The van der Waals surface area contributed by atoms with E-state index in [0.29, 0.717) is 17.1 Å². The fraction of sp³-hybridized carbons (Fsp3) is 0.351. The number of ether oxygens (including phenoxy) is 2. The minimum Gasteiger partial charge on any atom is -0.494 e. The van der Waals surface area contributed by atoms with Gasteiger partial charge in [-0.15, -0.1) is 0 Å². The molecule has 0 saturated carbocycles. The molecule has 8 nitrogen and oxygen atoms in total. The number of carboxylic acid groups (broad SMARTS) is 1. The summed E-state index contributed by atoms with van der Waals surface area (Å²) < 4.78 is 11.7. The number of nitrogens with one attached hydrogen (secondary N) is 1. The quantitative estimate of drug-likeness (QED) is 0.133. The molecule has 4 rings (SSSR count). The van der Waals surface area contributed by atoms with Gasteiger partial charge in [0, 0.05) is 35.5 Å². The van der Waals surface area contributed by atoms with Gasteiger partial charge in [-0.05, 0) is 74.7 Å². The summed E-state index contributed by atoms with van der Waals surface area (Å²) in [5, 5.41) is 12.4. The summed E-state index contributed by atoms with van der Waals surface area (Å²) in [7, 11) is 0.